The van der Waals surface area contributed by atoms with Crippen molar-refractivity contribution in [3.8, 4) is 0 Å². The molecule has 0 unspecified atom stereocenters. The molecule has 3 aromatic rings. The summed E-state index contributed by atoms with van der Waals surface area (Å²) in [5.74, 6) is 0. The molecule has 0 N–H and O–H groups in total. The van der Waals surface area contributed by atoms with Crippen LogP contribution in [0.15, 0.2) is 72.8 Å². The van der Waals surface area contributed by atoms with E-state index in [1.807, 2.05) is 30.3 Å². The number of benzene rings is 1. The first kappa shape index (κ1) is 18.8. The van der Waals surface area contributed by atoms with Gasteiger partial charge in [-0.15, -0.1) is 29.7 Å². The summed E-state index contributed by atoms with van der Waals surface area (Å²) in [6.07, 6.45) is 0. The van der Waals surface area contributed by atoms with Crippen LogP contribution in [0.5, 0.6) is 0 Å². The Balaban J connectivity index is 0. The van der Waals surface area contributed by atoms with E-state index in [4.69, 9.17) is 0 Å². The first-order chi connectivity index (χ1) is 6.97. The largest absolute Gasteiger partial charge is 4.00 e. The van der Waals surface area contributed by atoms with Crippen molar-refractivity contribution in [3.63, 3.8) is 0 Å². The van der Waals surface area contributed by atoms with Crippen molar-refractivity contribution < 1.29 is 46.5 Å². The van der Waals surface area contributed by atoms with Crippen molar-refractivity contribution in [2.24, 2.45) is 0 Å². The minimum atomic E-state index is 0. The van der Waals surface area contributed by atoms with Gasteiger partial charge >= 0.3 is 21.7 Å². The van der Waals surface area contributed by atoms with Crippen molar-refractivity contribution in [2.75, 3.05) is 0 Å². The smallest absolute Gasteiger partial charge is 1.00 e. The number of halogens is 2. The van der Waals surface area contributed by atoms with Gasteiger partial charge in [0.15, 0.2) is 0 Å². The molecule has 0 fully saturated rings. The minimum absolute atomic E-state index is 0. The van der Waals surface area contributed by atoms with Gasteiger partial charge in [-0.3, -0.25) is 0 Å². The van der Waals surface area contributed by atoms with Crippen LogP contribution in [0.4, 0.5) is 0 Å². The summed E-state index contributed by atoms with van der Waals surface area (Å²) in [5.41, 5.74) is 0. The Kier molecular flexibility index (Phi) is 11.8. The topological polar surface area (TPSA) is 0 Å². The molecule has 3 rings (SSSR count). The first-order valence-corrected chi connectivity index (χ1v) is 4.74. The van der Waals surface area contributed by atoms with Gasteiger partial charge in [-0.2, -0.15) is 35.7 Å². The second kappa shape index (κ2) is 10.6. The summed E-state index contributed by atoms with van der Waals surface area (Å²) in [7, 11) is 0. The van der Waals surface area contributed by atoms with E-state index < -0.39 is 0 Å². The molecule has 0 saturated carbocycles. The van der Waals surface area contributed by atoms with Crippen molar-refractivity contribution in [1.29, 1.82) is 0 Å². The Morgan fingerprint density at radius 3 is 1.88 bits per heavy atom. The molecule has 0 saturated heterocycles. The summed E-state index contributed by atoms with van der Waals surface area (Å²) in [6, 6.07) is 24.7. The predicted octanol–water partition coefficient (Wildman–Crippen LogP) is -2.03. The minimum Gasteiger partial charge on any atom is -1.00 e. The summed E-state index contributed by atoms with van der Waals surface area (Å²) in [5, 5.41) is 2.66. The molecule has 86 valence electrons. The van der Waals surface area contributed by atoms with Crippen LogP contribution in [0, 0.1) is 0 Å². The maximum atomic E-state index is 2.12. The molecule has 0 aliphatic rings. The maximum Gasteiger partial charge on any atom is 4.00 e. The molecule has 0 aromatic heterocycles. The quantitative estimate of drug-likeness (QED) is 0.332. The van der Waals surface area contributed by atoms with Crippen LogP contribution in [0.25, 0.3) is 10.8 Å². The van der Waals surface area contributed by atoms with Crippen LogP contribution < -0.4 is 24.8 Å². The van der Waals surface area contributed by atoms with Crippen LogP contribution in [-0.4, -0.2) is 0 Å². The number of hydrogen-bond acceptors (Lipinski definition) is 0. The van der Waals surface area contributed by atoms with Gasteiger partial charge in [0.25, 0.3) is 0 Å². The van der Waals surface area contributed by atoms with Crippen LogP contribution in [0.2, 0.25) is 0 Å². The molecule has 0 heterocycles. The molecule has 3 aromatic carbocycles. The van der Waals surface area contributed by atoms with Gasteiger partial charge in [0.05, 0.1) is 0 Å². The van der Waals surface area contributed by atoms with Gasteiger partial charge in [0, 0.05) is 0 Å². The number of rotatable bonds is 0. The van der Waals surface area contributed by atoms with E-state index in [1.165, 1.54) is 10.8 Å². The standard InChI is InChI=1S/C9H7.C5H5.2ClH.Ti/c1-2-5-9-7-3-6-8(9)4-1;1-2-4-5-3-1;;;/h1-7H;1-5H;2*1H;/q2*-1;;;+4/p-2. The Hall–Kier alpha value is -0.526. The second-order valence-corrected chi connectivity index (χ2v) is 3.12. The normalized spacial score (nSPS) is 7.76. The average molecular weight is 299 g/mol. The van der Waals surface area contributed by atoms with Gasteiger partial charge in [0.1, 0.15) is 0 Å². The zero-order valence-electron chi connectivity index (χ0n) is 9.18. The first-order valence-electron chi connectivity index (χ1n) is 4.74. The van der Waals surface area contributed by atoms with E-state index in [0.29, 0.717) is 0 Å². The van der Waals surface area contributed by atoms with Gasteiger partial charge in [-0.25, -0.2) is 12.1 Å². The third-order valence-electron chi connectivity index (χ3n) is 2.10. The molecule has 0 nitrogen and oxygen atoms in total. The van der Waals surface area contributed by atoms with Crippen molar-refractivity contribution in [1.82, 2.24) is 0 Å². The molecular formula is C14H12Cl2Ti. The SMILES string of the molecule is [Cl-].[Cl-].[Ti+4].c1cc[cH-]c1.c1ccc2[cH-]ccc2c1. The molecule has 0 atom stereocenters. The summed E-state index contributed by atoms with van der Waals surface area (Å²) in [4.78, 5) is 0. The molecule has 0 aliphatic heterocycles. The zero-order chi connectivity index (χ0) is 9.64. The Morgan fingerprint density at radius 2 is 1.35 bits per heavy atom. The molecule has 0 bridgehead atoms. The fourth-order valence-electron chi connectivity index (χ4n) is 1.39. The number of hydrogen-bond donors (Lipinski definition) is 0. The van der Waals surface area contributed by atoms with Crippen molar-refractivity contribution in [2.45, 2.75) is 0 Å². The van der Waals surface area contributed by atoms with E-state index in [1.54, 1.807) is 0 Å². The molecule has 17 heavy (non-hydrogen) atoms. The molecular weight excluding hydrogens is 287 g/mol. The second-order valence-electron chi connectivity index (χ2n) is 3.12. The fourth-order valence-corrected chi connectivity index (χ4v) is 1.39. The van der Waals surface area contributed by atoms with E-state index in [9.17, 15) is 0 Å². The summed E-state index contributed by atoms with van der Waals surface area (Å²) in [6.45, 7) is 0. The van der Waals surface area contributed by atoms with Gasteiger partial charge in [-0.1, -0.05) is 6.07 Å². The predicted molar refractivity (Wildman–Crippen MR) is 61.6 cm³/mol. The average Bonchev–Trinajstić information content (AvgIpc) is 2.92. The summed E-state index contributed by atoms with van der Waals surface area (Å²) >= 11 is 0. The van der Waals surface area contributed by atoms with Gasteiger partial charge in [-0.05, 0) is 0 Å². The van der Waals surface area contributed by atoms with Gasteiger partial charge < -0.3 is 24.8 Å². The Labute approximate surface area is 129 Å². The van der Waals surface area contributed by atoms with Crippen LogP contribution in [0.1, 0.15) is 0 Å². The van der Waals surface area contributed by atoms with E-state index in [2.05, 4.69) is 42.5 Å². The van der Waals surface area contributed by atoms with Crippen LogP contribution in [0.3, 0.4) is 0 Å². The molecule has 3 heteroatoms. The molecule has 0 aliphatic carbocycles. The van der Waals surface area contributed by atoms with Gasteiger partial charge in [0.2, 0.25) is 0 Å². The third-order valence-corrected chi connectivity index (χ3v) is 2.10. The number of fused-ring (bicyclic) bond motifs is 1. The van der Waals surface area contributed by atoms with E-state index in [-0.39, 0.29) is 46.5 Å². The molecule has 0 spiro atoms. The Bertz CT molecular complexity index is 424. The third kappa shape index (κ3) is 6.09. The van der Waals surface area contributed by atoms with E-state index in [0.717, 1.165) is 0 Å². The van der Waals surface area contributed by atoms with Crippen LogP contribution >= 0.6 is 0 Å². The van der Waals surface area contributed by atoms with Crippen molar-refractivity contribution in [3.05, 3.63) is 72.8 Å². The van der Waals surface area contributed by atoms with E-state index >= 15 is 0 Å². The zero-order valence-corrected chi connectivity index (χ0v) is 12.3. The van der Waals surface area contributed by atoms with Crippen molar-refractivity contribution >= 4 is 10.8 Å². The van der Waals surface area contributed by atoms with Crippen LogP contribution in [-0.2, 0) is 21.7 Å². The fraction of sp³-hybridized carbons (Fsp3) is 0. The summed E-state index contributed by atoms with van der Waals surface area (Å²) < 4.78 is 0. The molecule has 0 amide bonds. The monoisotopic (exact) mass is 298 g/mol. The maximum absolute atomic E-state index is 2.12. The molecule has 0 radical (unpaired) electrons. The Morgan fingerprint density at radius 1 is 0.706 bits per heavy atom.